The Labute approximate surface area is 142 Å². The van der Waals surface area contributed by atoms with Gasteiger partial charge in [-0.25, -0.2) is 4.79 Å². The van der Waals surface area contributed by atoms with E-state index in [1.165, 1.54) is 6.42 Å². The van der Waals surface area contributed by atoms with Gasteiger partial charge in [-0.2, -0.15) is 0 Å². The Kier molecular flexibility index (Phi) is 5.36. The third kappa shape index (κ3) is 4.28. The molecule has 0 saturated heterocycles. The summed E-state index contributed by atoms with van der Waals surface area (Å²) in [6.45, 7) is 0.409. The highest BCUT2D eigenvalue weighted by Crippen LogP contribution is 2.26. The number of ether oxygens (including phenoxy) is 2. The summed E-state index contributed by atoms with van der Waals surface area (Å²) in [7, 11) is 0. The second-order valence-corrected chi connectivity index (χ2v) is 6.19. The van der Waals surface area contributed by atoms with Crippen LogP contribution in [-0.2, 0) is 11.3 Å². The van der Waals surface area contributed by atoms with Gasteiger partial charge < -0.3 is 15.2 Å². The first-order valence-electron chi connectivity index (χ1n) is 8.49. The van der Waals surface area contributed by atoms with Crippen LogP contribution < -0.4 is 10.5 Å². The molecule has 0 heterocycles. The summed E-state index contributed by atoms with van der Waals surface area (Å²) < 4.78 is 11.4. The molecule has 0 unspecified atom stereocenters. The maximum absolute atomic E-state index is 12.3. The first-order chi connectivity index (χ1) is 11.7. The number of hydrogen-bond acceptors (Lipinski definition) is 4. The van der Waals surface area contributed by atoms with Gasteiger partial charge in [-0.3, -0.25) is 0 Å². The van der Waals surface area contributed by atoms with E-state index < -0.39 is 0 Å². The van der Waals surface area contributed by atoms with Gasteiger partial charge in [0.2, 0.25) is 0 Å². The Hall–Kier alpha value is -2.49. The number of nitrogen functional groups attached to an aromatic ring is 1. The summed E-state index contributed by atoms with van der Waals surface area (Å²) in [6, 6.07) is 14.9. The predicted molar refractivity (Wildman–Crippen MR) is 93.9 cm³/mol. The van der Waals surface area contributed by atoms with Crippen molar-refractivity contribution in [3.63, 3.8) is 0 Å². The Morgan fingerprint density at radius 2 is 1.79 bits per heavy atom. The molecule has 0 amide bonds. The summed E-state index contributed by atoms with van der Waals surface area (Å²) >= 11 is 0. The molecule has 3 rings (SSSR count). The van der Waals surface area contributed by atoms with E-state index in [0.717, 1.165) is 31.2 Å². The van der Waals surface area contributed by atoms with E-state index in [4.69, 9.17) is 15.2 Å². The van der Waals surface area contributed by atoms with Crippen molar-refractivity contribution in [3.05, 3.63) is 59.7 Å². The molecule has 0 spiro atoms. The maximum atomic E-state index is 12.3. The van der Waals surface area contributed by atoms with E-state index in [9.17, 15) is 4.79 Å². The fourth-order valence-electron chi connectivity index (χ4n) is 2.92. The summed E-state index contributed by atoms with van der Waals surface area (Å²) in [5.74, 6) is 0.211. The molecule has 2 N–H and O–H groups in total. The van der Waals surface area contributed by atoms with E-state index in [1.54, 1.807) is 18.2 Å². The summed E-state index contributed by atoms with van der Waals surface area (Å²) in [5, 5.41) is 0. The number of carbonyl (C=O) groups is 1. The monoisotopic (exact) mass is 325 g/mol. The van der Waals surface area contributed by atoms with Crippen LogP contribution in [0.2, 0.25) is 0 Å². The topological polar surface area (TPSA) is 61.6 Å². The zero-order chi connectivity index (χ0) is 16.8. The molecule has 0 atom stereocenters. The SMILES string of the molecule is Nc1ccc(C(=O)OC2CCCCC2)cc1OCc1ccccc1. The number of hydrogen-bond donors (Lipinski definition) is 1. The quantitative estimate of drug-likeness (QED) is 0.656. The molecular formula is C20H23NO3. The molecule has 2 aromatic rings. The van der Waals surface area contributed by atoms with E-state index in [-0.39, 0.29) is 12.1 Å². The fourth-order valence-corrected chi connectivity index (χ4v) is 2.92. The third-order valence-corrected chi connectivity index (χ3v) is 4.31. The van der Waals surface area contributed by atoms with E-state index in [0.29, 0.717) is 23.6 Å². The highest BCUT2D eigenvalue weighted by atomic mass is 16.5. The molecule has 1 saturated carbocycles. The molecule has 2 aromatic carbocycles. The number of anilines is 1. The fraction of sp³-hybridized carbons (Fsp3) is 0.350. The van der Waals surface area contributed by atoms with Crippen molar-refractivity contribution < 1.29 is 14.3 Å². The summed E-state index contributed by atoms with van der Waals surface area (Å²) in [5.41, 5.74) is 8.01. The van der Waals surface area contributed by atoms with Gasteiger partial charge >= 0.3 is 5.97 Å². The molecule has 126 valence electrons. The van der Waals surface area contributed by atoms with Gasteiger partial charge in [0.15, 0.2) is 0 Å². The average molecular weight is 325 g/mol. The van der Waals surface area contributed by atoms with E-state index in [2.05, 4.69) is 0 Å². The minimum absolute atomic E-state index is 0.0393. The van der Waals surface area contributed by atoms with E-state index in [1.807, 2.05) is 30.3 Å². The predicted octanol–water partition coefficient (Wildman–Crippen LogP) is 4.34. The van der Waals surface area contributed by atoms with Crippen LogP contribution in [0.3, 0.4) is 0 Å². The van der Waals surface area contributed by atoms with Crippen LogP contribution in [0, 0.1) is 0 Å². The minimum atomic E-state index is -0.300. The van der Waals surface area contributed by atoms with Gasteiger partial charge in [-0.15, -0.1) is 0 Å². The van der Waals surface area contributed by atoms with Crippen LogP contribution in [0.1, 0.15) is 48.0 Å². The molecule has 4 nitrogen and oxygen atoms in total. The Bertz CT molecular complexity index is 679. The highest BCUT2D eigenvalue weighted by Gasteiger charge is 2.19. The minimum Gasteiger partial charge on any atom is -0.487 e. The van der Waals surface area contributed by atoms with E-state index >= 15 is 0 Å². The van der Waals surface area contributed by atoms with Crippen molar-refractivity contribution in [2.45, 2.75) is 44.8 Å². The van der Waals surface area contributed by atoms with Crippen LogP contribution >= 0.6 is 0 Å². The van der Waals surface area contributed by atoms with Crippen LogP contribution in [0.4, 0.5) is 5.69 Å². The van der Waals surface area contributed by atoms with Crippen molar-refractivity contribution in [1.29, 1.82) is 0 Å². The van der Waals surface area contributed by atoms with Gasteiger partial charge in [0, 0.05) is 0 Å². The lowest BCUT2D eigenvalue weighted by atomic mass is 9.98. The van der Waals surface area contributed by atoms with Crippen molar-refractivity contribution in [2.24, 2.45) is 0 Å². The summed E-state index contributed by atoms with van der Waals surface area (Å²) in [6.07, 6.45) is 5.44. The maximum Gasteiger partial charge on any atom is 0.338 e. The van der Waals surface area contributed by atoms with Crippen molar-refractivity contribution in [3.8, 4) is 5.75 Å². The number of nitrogens with two attached hydrogens (primary N) is 1. The molecular weight excluding hydrogens is 302 g/mol. The van der Waals surface area contributed by atoms with Crippen LogP contribution in [0.25, 0.3) is 0 Å². The lowest BCUT2D eigenvalue weighted by molar-refractivity contribution is 0.0211. The number of esters is 1. The smallest absolute Gasteiger partial charge is 0.338 e. The second-order valence-electron chi connectivity index (χ2n) is 6.19. The highest BCUT2D eigenvalue weighted by molar-refractivity contribution is 5.90. The zero-order valence-electron chi connectivity index (χ0n) is 13.7. The van der Waals surface area contributed by atoms with Crippen LogP contribution in [0.5, 0.6) is 5.75 Å². The number of carbonyl (C=O) groups excluding carboxylic acids is 1. The molecule has 0 aliphatic heterocycles. The first kappa shape index (κ1) is 16.4. The molecule has 0 radical (unpaired) electrons. The third-order valence-electron chi connectivity index (χ3n) is 4.31. The Morgan fingerprint density at radius 1 is 1.04 bits per heavy atom. The average Bonchev–Trinajstić information content (AvgIpc) is 2.62. The van der Waals surface area contributed by atoms with Crippen LogP contribution in [0.15, 0.2) is 48.5 Å². The second kappa shape index (κ2) is 7.86. The van der Waals surface area contributed by atoms with Crippen molar-refractivity contribution in [2.75, 3.05) is 5.73 Å². The van der Waals surface area contributed by atoms with Crippen molar-refractivity contribution in [1.82, 2.24) is 0 Å². The van der Waals surface area contributed by atoms with Gasteiger partial charge in [-0.05, 0) is 49.4 Å². The molecule has 1 aliphatic rings. The molecule has 0 aromatic heterocycles. The molecule has 1 aliphatic carbocycles. The lowest BCUT2D eigenvalue weighted by Gasteiger charge is -2.22. The largest absolute Gasteiger partial charge is 0.487 e. The van der Waals surface area contributed by atoms with Gasteiger partial charge in [-0.1, -0.05) is 36.8 Å². The molecule has 4 heteroatoms. The summed E-state index contributed by atoms with van der Waals surface area (Å²) in [4.78, 5) is 12.3. The molecule has 0 bridgehead atoms. The molecule has 24 heavy (non-hydrogen) atoms. The Balaban J connectivity index is 1.65. The van der Waals surface area contributed by atoms with Crippen molar-refractivity contribution >= 4 is 11.7 Å². The van der Waals surface area contributed by atoms with Gasteiger partial charge in [0.05, 0.1) is 11.3 Å². The normalized spacial score (nSPS) is 15.0. The first-order valence-corrected chi connectivity index (χ1v) is 8.49. The number of rotatable bonds is 5. The standard InChI is InChI=1S/C20H23NO3/c21-18-12-11-16(20(22)24-17-9-5-2-6-10-17)13-19(18)23-14-15-7-3-1-4-8-15/h1,3-4,7-8,11-13,17H,2,5-6,9-10,14,21H2. The Morgan fingerprint density at radius 3 is 2.54 bits per heavy atom. The van der Waals surface area contributed by atoms with Gasteiger partial charge in [0.25, 0.3) is 0 Å². The van der Waals surface area contributed by atoms with Gasteiger partial charge in [0.1, 0.15) is 18.5 Å². The van der Waals surface area contributed by atoms with Crippen LogP contribution in [-0.4, -0.2) is 12.1 Å². The molecule has 1 fully saturated rings. The zero-order valence-corrected chi connectivity index (χ0v) is 13.7. The lowest BCUT2D eigenvalue weighted by Crippen LogP contribution is -2.21. The number of benzene rings is 2.